The minimum Gasteiger partial charge on any atom is -0.369 e. The molecule has 0 saturated heterocycles. The van der Waals surface area contributed by atoms with Gasteiger partial charge < -0.3 is 11.5 Å². The average Bonchev–Trinajstić information content (AvgIpc) is 2.50. The van der Waals surface area contributed by atoms with Gasteiger partial charge in [-0.2, -0.15) is 5.10 Å². The second kappa shape index (κ2) is 10.9. The maximum atomic E-state index is 5.36. The van der Waals surface area contributed by atoms with Gasteiger partial charge in [-0.05, 0) is 18.4 Å². The van der Waals surface area contributed by atoms with Gasteiger partial charge in [0.25, 0.3) is 0 Å². The van der Waals surface area contributed by atoms with E-state index in [1.54, 1.807) is 0 Å². The van der Waals surface area contributed by atoms with E-state index >= 15 is 0 Å². The van der Waals surface area contributed by atoms with Crippen molar-refractivity contribution < 1.29 is 0 Å². The smallest absolute Gasteiger partial charge is 0.211 e. The van der Waals surface area contributed by atoms with Gasteiger partial charge in [-0.25, -0.2) is 0 Å². The molecule has 1 aromatic carbocycles. The van der Waals surface area contributed by atoms with E-state index < -0.39 is 0 Å². The molecule has 4 N–H and O–H groups in total. The maximum Gasteiger partial charge on any atom is 0.211 e. The van der Waals surface area contributed by atoms with Crippen molar-refractivity contribution in [3.8, 4) is 0 Å². The van der Waals surface area contributed by atoms with E-state index in [9.17, 15) is 0 Å². The molecule has 1 rings (SSSR count). The first kappa shape index (κ1) is 17.2. The van der Waals surface area contributed by atoms with Gasteiger partial charge in [-0.1, -0.05) is 75.8 Å². The summed E-state index contributed by atoms with van der Waals surface area (Å²) < 4.78 is 0. The zero-order valence-corrected chi connectivity index (χ0v) is 13.1. The molecule has 0 unspecified atom stereocenters. The molecular formula is C17H28N4. The lowest BCUT2D eigenvalue weighted by Crippen LogP contribution is -2.22. The Morgan fingerprint density at radius 3 is 2.10 bits per heavy atom. The SMILES string of the molecule is CCCCCCCCCC(=NN=C(N)N)c1ccccc1. The molecule has 0 bridgehead atoms. The molecule has 0 heterocycles. The molecule has 0 fully saturated rings. The fourth-order valence-corrected chi connectivity index (χ4v) is 2.25. The maximum absolute atomic E-state index is 5.36. The lowest BCUT2D eigenvalue weighted by atomic mass is 10.0. The van der Waals surface area contributed by atoms with Crippen LogP contribution in [-0.4, -0.2) is 11.7 Å². The van der Waals surface area contributed by atoms with Gasteiger partial charge in [0.15, 0.2) is 0 Å². The van der Waals surface area contributed by atoms with Gasteiger partial charge >= 0.3 is 0 Å². The molecular weight excluding hydrogens is 260 g/mol. The molecule has 0 aliphatic carbocycles. The van der Waals surface area contributed by atoms with E-state index in [0.29, 0.717) is 0 Å². The molecule has 0 saturated carbocycles. The monoisotopic (exact) mass is 288 g/mol. The van der Waals surface area contributed by atoms with Crippen LogP contribution in [0.25, 0.3) is 0 Å². The summed E-state index contributed by atoms with van der Waals surface area (Å²) in [4.78, 5) is 0. The van der Waals surface area contributed by atoms with Gasteiger partial charge in [0, 0.05) is 0 Å². The summed E-state index contributed by atoms with van der Waals surface area (Å²) >= 11 is 0. The van der Waals surface area contributed by atoms with Crippen molar-refractivity contribution in [2.45, 2.75) is 58.3 Å². The van der Waals surface area contributed by atoms with Crippen LogP contribution in [0, 0.1) is 0 Å². The van der Waals surface area contributed by atoms with Crippen LogP contribution in [-0.2, 0) is 0 Å². The van der Waals surface area contributed by atoms with E-state index in [2.05, 4.69) is 17.1 Å². The molecule has 1 aromatic rings. The topological polar surface area (TPSA) is 76.8 Å². The summed E-state index contributed by atoms with van der Waals surface area (Å²) in [7, 11) is 0. The van der Waals surface area contributed by atoms with E-state index in [-0.39, 0.29) is 5.96 Å². The Bertz CT molecular complexity index is 433. The molecule has 4 heteroatoms. The Morgan fingerprint density at radius 1 is 0.857 bits per heavy atom. The third kappa shape index (κ3) is 8.12. The predicted molar refractivity (Wildman–Crippen MR) is 91.4 cm³/mol. The van der Waals surface area contributed by atoms with Crippen LogP contribution >= 0.6 is 0 Å². The summed E-state index contributed by atoms with van der Waals surface area (Å²) in [5.41, 5.74) is 12.8. The zero-order valence-electron chi connectivity index (χ0n) is 13.1. The van der Waals surface area contributed by atoms with Gasteiger partial charge in [-0.3, -0.25) is 0 Å². The molecule has 0 aliphatic rings. The van der Waals surface area contributed by atoms with Gasteiger partial charge in [0.05, 0.1) is 5.71 Å². The highest BCUT2D eigenvalue weighted by molar-refractivity contribution is 6.00. The number of rotatable bonds is 10. The molecule has 0 radical (unpaired) electrons. The van der Waals surface area contributed by atoms with E-state index in [1.165, 1.54) is 38.5 Å². The van der Waals surface area contributed by atoms with E-state index in [1.807, 2.05) is 30.3 Å². The molecule has 0 spiro atoms. The highest BCUT2D eigenvalue weighted by Crippen LogP contribution is 2.12. The highest BCUT2D eigenvalue weighted by atomic mass is 15.3. The molecule has 21 heavy (non-hydrogen) atoms. The molecule has 0 aliphatic heterocycles. The lowest BCUT2D eigenvalue weighted by Gasteiger charge is -2.05. The van der Waals surface area contributed by atoms with Crippen molar-refractivity contribution in [2.75, 3.05) is 0 Å². The quantitative estimate of drug-likeness (QED) is 0.297. The highest BCUT2D eigenvalue weighted by Gasteiger charge is 2.03. The average molecular weight is 288 g/mol. The van der Waals surface area contributed by atoms with Crippen LogP contribution in [0.5, 0.6) is 0 Å². The van der Waals surface area contributed by atoms with Gasteiger partial charge in [0.2, 0.25) is 5.96 Å². The number of hydrogen-bond donors (Lipinski definition) is 2. The van der Waals surface area contributed by atoms with Gasteiger partial charge in [0.1, 0.15) is 0 Å². The summed E-state index contributed by atoms with van der Waals surface area (Å²) in [6, 6.07) is 10.1. The van der Waals surface area contributed by atoms with Crippen LogP contribution < -0.4 is 11.5 Å². The predicted octanol–water partition coefficient (Wildman–Crippen LogP) is 3.80. The summed E-state index contributed by atoms with van der Waals surface area (Å²) in [6.07, 6.45) is 9.89. The summed E-state index contributed by atoms with van der Waals surface area (Å²) in [6.45, 7) is 2.24. The Morgan fingerprint density at radius 2 is 1.48 bits per heavy atom. The lowest BCUT2D eigenvalue weighted by molar-refractivity contribution is 0.595. The zero-order chi connectivity index (χ0) is 15.3. The first-order valence-corrected chi connectivity index (χ1v) is 7.95. The minimum atomic E-state index is 0.00277. The Hall–Kier alpha value is -1.84. The summed E-state index contributed by atoms with van der Waals surface area (Å²) in [5, 5.41) is 8.00. The summed E-state index contributed by atoms with van der Waals surface area (Å²) in [5.74, 6) is 0.00277. The fourth-order valence-electron chi connectivity index (χ4n) is 2.25. The Labute approximate surface area is 128 Å². The van der Waals surface area contributed by atoms with Gasteiger partial charge in [-0.15, -0.1) is 5.10 Å². The standard InChI is InChI=1S/C17H28N4/c1-2-3-4-5-6-7-11-14-16(20-21-17(18)19)15-12-9-8-10-13-15/h8-10,12-13H,2-7,11,14H2,1H3,(H4,18,19,21). The van der Waals surface area contributed by atoms with Crippen molar-refractivity contribution in [3.63, 3.8) is 0 Å². The van der Waals surface area contributed by atoms with Crippen LogP contribution in [0.15, 0.2) is 40.5 Å². The first-order valence-electron chi connectivity index (χ1n) is 7.95. The number of hydrogen-bond acceptors (Lipinski definition) is 2. The molecule has 0 atom stereocenters. The third-order valence-corrected chi connectivity index (χ3v) is 3.41. The number of unbranched alkanes of at least 4 members (excludes halogenated alkanes) is 6. The fraction of sp³-hybridized carbons (Fsp3) is 0.529. The van der Waals surface area contributed by atoms with Crippen LogP contribution in [0.1, 0.15) is 63.9 Å². The van der Waals surface area contributed by atoms with Crippen LogP contribution in [0.2, 0.25) is 0 Å². The van der Waals surface area contributed by atoms with E-state index in [0.717, 1.165) is 24.1 Å². The molecule has 4 nitrogen and oxygen atoms in total. The van der Waals surface area contributed by atoms with Crippen LogP contribution in [0.3, 0.4) is 0 Å². The third-order valence-electron chi connectivity index (χ3n) is 3.41. The number of benzene rings is 1. The van der Waals surface area contributed by atoms with Crippen molar-refractivity contribution in [2.24, 2.45) is 21.7 Å². The van der Waals surface area contributed by atoms with Crippen molar-refractivity contribution in [1.82, 2.24) is 0 Å². The Balaban J connectivity index is 2.44. The number of guanidine groups is 1. The first-order chi connectivity index (χ1) is 10.2. The number of nitrogens with two attached hydrogens (primary N) is 2. The largest absolute Gasteiger partial charge is 0.369 e. The number of nitrogens with zero attached hydrogens (tertiary/aromatic N) is 2. The van der Waals surface area contributed by atoms with Crippen molar-refractivity contribution in [3.05, 3.63) is 35.9 Å². The minimum absolute atomic E-state index is 0.00277. The molecule has 0 amide bonds. The normalized spacial score (nSPS) is 11.4. The Kier molecular flexibility index (Phi) is 8.93. The van der Waals surface area contributed by atoms with Crippen molar-refractivity contribution >= 4 is 11.7 Å². The molecule has 116 valence electrons. The second-order valence-electron chi connectivity index (χ2n) is 5.31. The second-order valence-corrected chi connectivity index (χ2v) is 5.31. The van der Waals surface area contributed by atoms with E-state index in [4.69, 9.17) is 11.5 Å². The molecule has 0 aromatic heterocycles. The van der Waals surface area contributed by atoms with Crippen molar-refractivity contribution in [1.29, 1.82) is 0 Å². The van der Waals surface area contributed by atoms with Crippen LogP contribution in [0.4, 0.5) is 0 Å².